The molecule has 4 atom stereocenters. The van der Waals surface area contributed by atoms with Crippen LogP contribution in [0.2, 0.25) is 0 Å². The Balaban J connectivity index is 2.05. The molecule has 120 valence electrons. The number of benzene rings is 1. The van der Waals surface area contributed by atoms with Gasteiger partial charge in [-0.1, -0.05) is 18.2 Å². The molecule has 1 fully saturated rings. The van der Waals surface area contributed by atoms with Crippen molar-refractivity contribution >= 4 is 22.0 Å². The first-order chi connectivity index (χ1) is 10.3. The Bertz CT molecular complexity index is 675. The summed E-state index contributed by atoms with van der Waals surface area (Å²) in [5.74, 6) is -4.85. The normalized spacial score (nSPS) is 25.4. The van der Waals surface area contributed by atoms with Crippen LogP contribution >= 0.6 is 0 Å². The maximum absolute atomic E-state index is 12.0. The second-order valence-electron chi connectivity index (χ2n) is 5.13. The Kier molecular flexibility index (Phi) is 4.50. The molecule has 22 heavy (non-hydrogen) atoms. The average molecular weight is 328 g/mol. The molecule has 2 rings (SSSR count). The van der Waals surface area contributed by atoms with Crippen LogP contribution in [0.25, 0.3) is 0 Å². The van der Waals surface area contributed by atoms with Crippen LogP contribution in [-0.4, -0.2) is 43.2 Å². The van der Waals surface area contributed by atoms with Crippen molar-refractivity contribution in [3.8, 4) is 0 Å². The first-order valence-corrected chi connectivity index (χ1v) is 8.00. The molecule has 0 radical (unpaired) electrons. The van der Waals surface area contributed by atoms with E-state index in [1.807, 2.05) is 0 Å². The van der Waals surface area contributed by atoms with Gasteiger partial charge in [0.1, 0.15) is 6.04 Å². The second-order valence-corrected chi connectivity index (χ2v) is 6.90. The van der Waals surface area contributed by atoms with E-state index in [-0.39, 0.29) is 11.4 Å². The van der Waals surface area contributed by atoms with Crippen LogP contribution in [0, 0.1) is 17.8 Å². The van der Waals surface area contributed by atoms with E-state index in [9.17, 15) is 18.0 Å². The Hall–Kier alpha value is -1.97. The molecular weight excluding hydrogens is 312 g/mol. The fourth-order valence-electron chi connectivity index (χ4n) is 2.55. The number of sulfonamides is 1. The molecule has 1 aliphatic rings. The monoisotopic (exact) mass is 328 g/mol. The number of nitrogens with two attached hydrogens (primary N) is 1. The maximum atomic E-state index is 12.0. The molecule has 9 heteroatoms. The van der Waals surface area contributed by atoms with E-state index in [0.717, 1.165) is 0 Å². The zero-order valence-electron chi connectivity index (χ0n) is 11.4. The molecule has 0 bridgehead atoms. The van der Waals surface area contributed by atoms with E-state index in [1.54, 1.807) is 18.2 Å². The standard InChI is InChI=1S/C13H16N2O6S/c14-11(13(18)19)9-8(10(9)12(16)17)6-15-22(20,21)7-4-2-1-3-5-7/h1-5,8-11,15H,6,14H2,(H,16,17)(H,18,19)/t8-,9+,10+,11+/m0/s1. The summed E-state index contributed by atoms with van der Waals surface area (Å²) >= 11 is 0. The summed E-state index contributed by atoms with van der Waals surface area (Å²) in [6.45, 7) is -0.167. The molecular formula is C13H16N2O6S. The molecule has 0 saturated heterocycles. The first kappa shape index (κ1) is 16.4. The van der Waals surface area contributed by atoms with Gasteiger partial charge >= 0.3 is 11.9 Å². The zero-order valence-corrected chi connectivity index (χ0v) is 12.2. The average Bonchev–Trinajstić information content (AvgIpc) is 3.20. The van der Waals surface area contributed by atoms with Gasteiger partial charge in [-0.3, -0.25) is 9.59 Å². The van der Waals surface area contributed by atoms with Crippen molar-refractivity contribution in [2.75, 3.05) is 6.54 Å². The van der Waals surface area contributed by atoms with E-state index >= 15 is 0 Å². The lowest BCUT2D eigenvalue weighted by molar-refractivity contribution is -0.140. The molecule has 1 saturated carbocycles. The third-order valence-electron chi connectivity index (χ3n) is 3.78. The molecule has 0 unspecified atom stereocenters. The van der Waals surface area contributed by atoms with Crippen molar-refractivity contribution in [2.45, 2.75) is 10.9 Å². The predicted octanol–water partition coefficient (Wildman–Crippen LogP) is -0.676. The number of aliphatic carboxylic acids is 2. The van der Waals surface area contributed by atoms with Crippen LogP contribution in [0.4, 0.5) is 0 Å². The van der Waals surface area contributed by atoms with Crippen molar-refractivity contribution in [2.24, 2.45) is 23.5 Å². The van der Waals surface area contributed by atoms with Gasteiger partial charge in [-0.25, -0.2) is 13.1 Å². The first-order valence-electron chi connectivity index (χ1n) is 6.51. The summed E-state index contributed by atoms with van der Waals surface area (Å²) < 4.78 is 26.4. The van der Waals surface area contributed by atoms with Crippen LogP contribution < -0.4 is 10.5 Å². The topological polar surface area (TPSA) is 147 Å². The zero-order chi connectivity index (χ0) is 16.5. The highest BCUT2D eigenvalue weighted by atomic mass is 32.2. The third-order valence-corrected chi connectivity index (χ3v) is 5.22. The summed E-state index contributed by atoms with van der Waals surface area (Å²) in [5, 5.41) is 17.9. The minimum atomic E-state index is -3.77. The maximum Gasteiger partial charge on any atom is 0.320 e. The van der Waals surface area contributed by atoms with Crippen molar-refractivity contribution < 1.29 is 28.2 Å². The molecule has 0 aromatic heterocycles. The number of nitrogens with one attached hydrogen (secondary N) is 1. The van der Waals surface area contributed by atoms with E-state index in [4.69, 9.17) is 15.9 Å². The van der Waals surface area contributed by atoms with E-state index in [0.29, 0.717) is 0 Å². The molecule has 1 aliphatic carbocycles. The number of hydrogen-bond donors (Lipinski definition) is 4. The summed E-state index contributed by atoms with van der Waals surface area (Å²) in [5.41, 5.74) is 5.45. The number of carboxylic acid groups (broad SMARTS) is 2. The van der Waals surface area contributed by atoms with Gasteiger partial charge in [0.15, 0.2) is 0 Å². The Morgan fingerprint density at radius 2 is 1.82 bits per heavy atom. The quantitative estimate of drug-likeness (QED) is 0.518. The van der Waals surface area contributed by atoms with Crippen molar-refractivity contribution in [3.63, 3.8) is 0 Å². The van der Waals surface area contributed by atoms with Gasteiger partial charge in [-0.15, -0.1) is 0 Å². The minimum Gasteiger partial charge on any atom is -0.481 e. The molecule has 5 N–H and O–H groups in total. The van der Waals surface area contributed by atoms with E-state index < -0.39 is 45.8 Å². The van der Waals surface area contributed by atoms with Crippen LogP contribution in [-0.2, 0) is 19.6 Å². The van der Waals surface area contributed by atoms with Gasteiger partial charge in [0.05, 0.1) is 10.8 Å². The highest BCUT2D eigenvalue weighted by Crippen LogP contribution is 2.48. The van der Waals surface area contributed by atoms with Crippen LogP contribution in [0.3, 0.4) is 0 Å². The predicted molar refractivity (Wildman–Crippen MR) is 75.3 cm³/mol. The smallest absolute Gasteiger partial charge is 0.320 e. The fourth-order valence-corrected chi connectivity index (χ4v) is 3.65. The van der Waals surface area contributed by atoms with Gasteiger partial charge in [-0.05, 0) is 18.1 Å². The summed E-state index contributed by atoms with van der Waals surface area (Å²) in [6, 6.07) is 6.29. The van der Waals surface area contributed by atoms with Gasteiger partial charge in [0.2, 0.25) is 10.0 Å². The summed E-state index contributed by atoms with van der Waals surface area (Å²) in [6.07, 6.45) is 0. The number of carbonyl (C=O) groups is 2. The highest BCUT2D eigenvalue weighted by molar-refractivity contribution is 7.89. The third kappa shape index (κ3) is 3.26. The van der Waals surface area contributed by atoms with Crippen molar-refractivity contribution in [3.05, 3.63) is 30.3 Å². The number of rotatable bonds is 7. The second kappa shape index (κ2) is 6.03. The molecule has 0 heterocycles. The van der Waals surface area contributed by atoms with Gasteiger partial charge in [0, 0.05) is 12.5 Å². The van der Waals surface area contributed by atoms with E-state index in [1.165, 1.54) is 12.1 Å². The molecule has 0 aliphatic heterocycles. The molecule has 1 aromatic carbocycles. The number of carboxylic acids is 2. The lowest BCUT2D eigenvalue weighted by Crippen LogP contribution is -2.35. The van der Waals surface area contributed by atoms with Gasteiger partial charge in [-0.2, -0.15) is 0 Å². The van der Waals surface area contributed by atoms with Crippen LogP contribution in [0.15, 0.2) is 35.2 Å². The molecule has 0 amide bonds. The SMILES string of the molecule is N[C@@H](C(=O)O)[C@@H]1[C@H](CNS(=O)(=O)c2ccccc2)[C@H]1C(=O)O. The minimum absolute atomic E-state index is 0.0570. The molecule has 8 nitrogen and oxygen atoms in total. The fraction of sp³-hybridized carbons (Fsp3) is 0.385. The largest absolute Gasteiger partial charge is 0.481 e. The Labute approximate surface area is 127 Å². The van der Waals surface area contributed by atoms with Crippen molar-refractivity contribution in [1.29, 1.82) is 0 Å². The van der Waals surface area contributed by atoms with Gasteiger partial charge < -0.3 is 15.9 Å². The summed E-state index contributed by atoms with van der Waals surface area (Å²) in [4.78, 5) is 22.0. The van der Waals surface area contributed by atoms with Crippen molar-refractivity contribution in [1.82, 2.24) is 4.72 Å². The van der Waals surface area contributed by atoms with E-state index in [2.05, 4.69) is 4.72 Å². The summed E-state index contributed by atoms with van der Waals surface area (Å²) in [7, 11) is -3.77. The Morgan fingerprint density at radius 1 is 1.23 bits per heavy atom. The van der Waals surface area contributed by atoms with Gasteiger partial charge in [0.25, 0.3) is 0 Å². The number of hydrogen-bond acceptors (Lipinski definition) is 5. The lowest BCUT2D eigenvalue weighted by Gasteiger charge is -2.07. The molecule has 1 aromatic rings. The highest BCUT2D eigenvalue weighted by Gasteiger charge is 2.59. The Morgan fingerprint density at radius 3 is 2.32 bits per heavy atom. The molecule has 0 spiro atoms. The van der Waals surface area contributed by atoms with Crippen LogP contribution in [0.1, 0.15) is 0 Å². The van der Waals surface area contributed by atoms with Crippen LogP contribution in [0.5, 0.6) is 0 Å². The lowest BCUT2D eigenvalue weighted by atomic mass is 10.1.